The van der Waals surface area contributed by atoms with Crippen molar-refractivity contribution < 1.29 is 4.57 Å². The van der Waals surface area contributed by atoms with E-state index in [1.807, 2.05) is 12.2 Å². The summed E-state index contributed by atoms with van der Waals surface area (Å²) in [6.07, 6.45) is 8.94. The Morgan fingerprint density at radius 2 is 2.23 bits per heavy atom. The Bertz CT molecular complexity index is 297. The van der Waals surface area contributed by atoms with Gasteiger partial charge in [0, 0.05) is 0 Å². The largest absolute Gasteiger partial charge is 0.260 e. The van der Waals surface area contributed by atoms with Crippen LogP contribution in [0.15, 0.2) is 37.7 Å². The Morgan fingerprint density at radius 3 is 2.77 bits per heavy atom. The number of hydrogen-bond donors (Lipinski definition) is 0. The van der Waals surface area contributed by atoms with Crippen LogP contribution >= 0.6 is 0 Å². The predicted molar refractivity (Wildman–Crippen MR) is 54.4 cm³/mol. The fraction of sp³-hybridized carbons (Fsp3) is 0.364. The molecule has 70 valence electrons. The number of aromatic nitrogens is 2. The van der Waals surface area contributed by atoms with E-state index < -0.39 is 0 Å². The molecule has 1 aromatic rings. The average Bonchev–Trinajstić information content (AvgIpc) is 2.50. The minimum atomic E-state index is 0.871. The van der Waals surface area contributed by atoms with Crippen LogP contribution in [-0.4, -0.2) is 4.57 Å². The van der Waals surface area contributed by atoms with Gasteiger partial charge in [-0.15, -0.1) is 6.58 Å². The summed E-state index contributed by atoms with van der Waals surface area (Å²) in [7, 11) is 0. The topological polar surface area (TPSA) is 8.81 Å². The summed E-state index contributed by atoms with van der Waals surface area (Å²) in [6.45, 7) is 11.5. The minimum Gasteiger partial charge on any atom is -0.234 e. The van der Waals surface area contributed by atoms with Gasteiger partial charge < -0.3 is 0 Å². The van der Waals surface area contributed by atoms with E-state index in [0.29, 0.717) is 0 Å². The molecule has 1 rings (SSSR count). The molecule has 2 nitrogen and oxygen atoms in total. The molecule has 0 N–H and O–H groups in total. The van der Waals surface area contributed by atoms with Gasteiger partial charge in [0.1, 0.15) is 18.9 Å². The van der Waals surface area contributed by atoms with Crippen molar-refractivity contribution in [2.75, 3.05) is 0 Å². The van der Waals surface area contributed by atoms with E-state index in [-0.39, 0.29) is 0 Å². The highest BCUT2D eigenvalue weighted by atomic mass is 15.1. The standard InChI is InChI=1S/C11H17N2/c1-4-7-11-12(6-3)9-10-13(11)8-5-2/h4-5,9-10H,1-2,6-8H2,3H3/q+1. The van der Waals surface area contributed by atoms with E-state index in [4.69, 9.17) is 0 Å². The highest BCUT2D eigenvalue weighted by Crippen LogP contribution is 1.97. The lowest BCUT2D eigenvalue weighted by atomic mass is 10.4. The van der Waals surface area contributed by atoms with Crippen molar-refractivity contribution in [2.45, 2.75) is 26.4 Å². The summed E-state index contributed by atoms with van der Waals surface area (Å²) in [5.41, 5.74) is 0. The van der Waals surface area contributed by atoms with Crippen LogP contribution in [0.5, 0.6) is 0 Å². The Kier molecular flexibility index (Phi) is 3.50. The van der Waals surface area contributed by atoms with Crippen LogP contribution in [0.25, 0.3) is 0 Å². The van der Waals surface area contributed by atoms with Crippen LogP contribution in [0.1, 0.15) is 12.7 Å². The molecule has 0 aliphatic carbocycles. The molecule has 0 amide bonds. The molecule has 0 atom stereocenters. The molecule has 0 radical (unpaired) electrons. The van der Waals surface area contributed by atoms with Crippen molar-refractivity contribution in [1.29, 1.82) is 0 Å². The van der Waals surface area contributed by atoms with Gasteiger partial charge in [0.2, 0.25) is 0 Å². The molecule has 13 heavy (non-hydrogen) atoms. The summed E-state index contributed by atoms with van der Waals surface area (Å²) in [4.78, 5) is 0. The molecule has 0 spiro atoms. The van der Waals surface area contributed by atoms with Gasteiger partial charge in [-0.2, -0.15) is 0 Å². The van der Waals surface area contributed by atoms with Gasteiger partial charge >= 0.3 is 0 Å². The first-order valence-corrected chi connectivity index (χ1v) is 4.62. The Morgan fingerprint density at radius 1 is 1.46 bits per heavy atom. The van der Waals surface area contributed by atoms with Gasteiger partial charge in [-0.25, -0.2) is 9.13 Å². The molecule has 2 heteroatoms. The third-order valence-corrected chi connectivity index (χ3v) is 2.08. The van der Waals surface area contributed by atoms with Crippen molar-refractivity contribution in [1.82, 2.24) is 4.57 Å². The average molecular weight is 177 g/mol. The number of imidazole rings is 1. The fourth-order valence-corrected chi connectivity index (χ4v) is 1.45. The van der Waals surface area contributed by atoms with Gasteiger partial charge in [-0.05, 0) is 6.92 Å². The molecule has 0 saturated heterocycles. The smallest absolute Gasteiger partial charge is 0.234 e. The van der Waals surface area contributed by atoms with Crippen molar-refractivity contribution in [3.05, 3.63) is 43.5 Å². The fourth-order valence-electron chi connectivity index (χ4n) is 1.45. The molecule has 0 saturated carbocycles. The Hall–Kier alpha value is -1.31. The van der Waals surface area contributed by atoms with Crippen molar-refractivity contribution in [3.8, 4) is 0 Å². The summed E-state index contributed by atoms with van der Waals surface area (Å²) in [6, 6.07) is 0. The third kappa shape index (κ3) is 2.08. The highest BCUT2D eigenvalue weighted by molar-refractivity contribution is 4.90. The summed E-state index contributed by atoms with van der Waals surface area (Å²) in [5, 5.41) is 0. The van der Waals surface area contributed by atoms with E-state index in [1.165, 1.54) is 5.82 Å². The molecule has 0 unspecified atom stereocenters. The number of allylic oxidation sites excluding steroid dienone is 2. The monoisotopic (exact) mass is 177 g/mol. The van der Waals surface area contributed by atoms with Crippen LogP contribution in [0, 0.1) is 0 Å². The van der Waals surface area contributed by atoms with Crippen molar-refractivity contribution >= 4 is 0 Å². The van der Waals surface area contributed by atoms with Crippen molar-refractivity contribution in [3.63, 3.8) is 0 Å². The SMILES string of the molecule is C=CCc1n(CC)cc[n+]1CC=C. The zero-order chi connectivity index (χ0) is 9.68. The first kappa shape index (κ1) is 9.78. The van der Waals surface area contributed by atoms with Gasteiger partial charge in [-0.3, -0.25) is 0 Å². The highest BCUT2D eigenvalue weighted by Gasteiger charge is 2.12. The molecular weight excluding hydrogens is 160 g/mol. The van der Waals surface area contributed by atoms with Crippen LogP contribution in [0.4, 0.5) is 0 Å². The van der Waals surface area contributed by atoms with E-state index >= 15 is 0 Å². The molecule has 0 aliphatic heterocycles. The van der Waals surface area contributed by atoms with Crippen molar-refractivity contribution in [2.24, 2.45) is 0 Å². The lowest BCUT2D eigenvalue weighted by Crippen LogP contribution is -2.36. The predicted octanol–water partition coefficient (Wildman–Crippen LogP) is 1.71. The molecule has 0 bridgehead atoms. The van der Waals surface area contributed by atoms with Crippen LogP contribution in [-0.2, 0) is 19.5 Å². The number of nitrogens with zero attached hydrogens (tertiary/aromatic N) is 2. The second-order valence-corrected chi connectivity index (χ2v) is 2.93. The number of rotatable bonds is 5. The third-order valence-electron chi connectivity index (χ3n) is 2.08. The van der Waals surface area contributed by atoms with Crippen LogP contribution in [0.2, 0.25) is 0 Å². The normalized spacial score (nSPS) is 9.92. The molecular formula is C11H17N2+. The van der Waals surface area contributed by atoms with Gasteiger partial charge in [0.15, 0.2) is 0 Å². The quantitative estimate of drug-likeness (QED) is 0.478. The van der Waals surface area contributed by atoms with Crippen LogP contribution in [0.3, 0.4) is 0 Å². The van der Waals surface area contributed by atoms with Gasteiger partial charge in [-0.1, -0.05) is 18.7 Å². The maximum Gasteiger partial charge on any atom is 0.260 e. The van der Waals surface area contributed by atoms with E-state index in [9.17, 15) is 0 Å². The molecule has 1 heterocycles. The zero-order valence-electron chi connectivity index (χ0n) is 8.24. The maximum atomic E-state index is 3.76. The molecule has 1 aromatic heterocycles. The Labute approximate surface area is 79.8 Å². The summed E-state index contributed by atoms with van der Waals surface area (Å²) in [5.74, 6) is 1.29. The first-order chi connectivity index (χ1) is 6.33. The summed E-state index contributed by atoms with van der Waals surface area (Å²) < 4.78 is 4.42. The second kappa shape index (κ2) is 4.65. The molecule has 0 aromatic carbocycles. The Balaban J connectivity index is 2.97. The van der Waals surface area contributed by atoms with E-state index in [0.717, 1.165) is 19.5 Å². The maximum absolute atomic E-state index is 3.76. The van der Waals surface area contributed by atoms with Crippen LogP contribution < -0.4 is 4.57 Å². The minimum absolute atomic E-state index is 0.871. The zero-order valence-corrected chi connectivity index (χ0v) is 8.24. The lowest BCUT2D eigenvalue weighted by Gasteiger charge is -1.98. The number of aryl methyl sites for hydroxylation is 1. The molecule has 0 fully saturated rings. The summed E-state index contributed by atoms with van der Waals surface area (Å²) >= 11 is 0. The van der Waals surface area contributed by atoms with E-state index in [2.05, 4.69) is 41.6 Å². The van der Waals surface area contributed by atoms with Gasteiger partial charge in [0.25, 0.3) is 5.82 Å². The first-order valence-electron chi connectivity index (χ1n) is 4.62. The molecule has 0 aliphatic rings. The second-order valence-electron chi connectivity index (χ2n) is 2.93. The van der Waals surface area contributed by atoms with E-state index in [1.54, 1.807) is 0 Å². The van der Waals surface area contributed by atoms with Gasteiger partial charge in [0.05, 0.1) is 13.0 Å². The number of hydrogen-bond acceptors (Lipinski definition) is 0. The lowest BCUT2D eigenvalue weighted by molar-refractivity contribution is -0.693.